The normalized spacial score (nSPS) is 41.0. The number of carbonyl (C=O) groups excluding carboxylic acids is 1. The van der Waals surface area contributed by atoms with Crippen LogP contribution in [0.2, 0.25) is 0 Å². The lowest BCUT2D eigenvalue weighted by molar-refractivity contribution is -0.157. The molecule has 1 saturated carbocycles. The zero-order valence-corrected chi connectivity index (χ0v) is 8.91. The second kappa shape index (κ2) is 3.54. The van der Waals surface area contributed by atoms with E-state index in [1.165, 1.54) is 0 Å². The van der Waals surface area contributed by atoms with Crippen LogP contribution in [0.4, 0.5) is 0 Å². The number of rotatable bonds is 2. The van der Waals surface area contributed by atoms with Crippen molar-refractivity contribution in [3.63, 3.8) is 0 Å². The second-order valence-corrected chi connectivity index (χ2v) is 4.41. The molecule has 0 aromatic carbocycles. The summed E-state index contributed by atoms with van der Waals surface area (Å²) >= 11 is 0. The van der Waals surface area contributed by atoms with Crippen molar-refractivity contribution in [1.82, 2.24) is 0 Å². The van der Waals surface area contributed by atoms with E-state index < -0.39 is 0 Å². The van der Waals surface area contributed by atoms with E-state index in [1.807, 2.05) is 13.8 Å². The molecule has 1 saturated heterocycles. The molecule has 2 aliphatic rings. The van der Waals surface area contributed by atoms with E-state index in [-0.39, 0.29) is 23.6 Å². The Hall–Kier alpha value is -0.570. The Bertz CT molecular complexity index is 239. The number of hydrogen-bond acceptors (Lipinski definition) is 3. The summed E-state index contributed by atoms with van der Waals surface area (Å²) in [6.45, 7) is 4.37. The molecule has 0 amide bonds. The van der Waals surface area contributed by atoms with Crippen molar-refractivity contribution >= 4 is 5.97 Å². The van der Waals surface area contributed by atoms with Gasteiger partial charge in [-0.05, 0) is 39.5 Å². The topological polar surface area (TPSA) is 35.5 Å². The lowest BCUT2D eigenvalue weighted by atomic mass is 9.81. The van der Waals surface area contributed by atoms with Crippen LogP contribution in [0.1, 0.15) is 39.5 Å². The molecule has 0 unspecified atom stereocenters. The molecule has 3 heteroatoms. The van der Waals surface area contributed by atoms with Gasteiger partial charge in [-0.2, -0.15) is 0 Å². The number of hydrogen-bond donors (Lipinski definition) is 0. The minimum atomic E-state index is -0.296. The van der Waals surface area contributed by atoms with E-state index in [2.05, 4.69) is 0 Å². The van der Waals surface area contributed by atoms with Crippen LogP contribution in [0, 0.1) is 5.41 Å². The van der Waals surface area contributed by atoms with Gasteiger partial charge >= 0.3 is 5.97 Å². The third kappa shape index (κ3) is 1.34. The van der Waals surface area contributed by atoms with Crippen molar-refractivity contribution in [2.75, 3.05) is 6.61 Å². The predicted molar refractivity (Wildman–Crippen MR) is 51.9 cm³/mol. The SMILES string of the molecule is CCOC(=O)[C@@]12CCC[C@@H]1O[C@@H](C)C2. The van der Waals surface area contributed by atoms with Gasteiger partial charge in [-0.15, -0.1) is 0 Å². The summed E-state index contributed by atoms with van der Waals surface area (Å²) in [5.74, 6) is -0.0353. The molecule has 0 bridgehead atoms. The highest BCUT2D eigenvalue weighted by atomic mass is 16.5. The highest BCUT2D eigenvalue weighted by molar-refractivity contribution is 5.78. The molecule has 2 fully saturated rings. The lowest BCUT2D eigenvalue weighted by Crippen LogP contribution is -2.36. The minimum absolute atomic E-state index is 0.0353. The molecule has 3 nitrogen and oxygen atoms in total. The van der Waals surface area contributed by atoms with Gasteiger partial charge in [0.2, 0.25) is 0 Å². The molecule has 1 aliphatic carbocycles. The molecular formula is C11H18O3. The van der Waals surface area contributed by atoms with Crippen LogP contribution in [0.15, 0.2) is 0 Å². The van der Waals surface area contributed by atoms with Gasteiger partial charge in [0, 0.05) is 0 Å². The van der Waals surface area contributed by atoms with Crippen LogP contribution in [0.3, 0.4) is 0 Å². The van der Waals surface area contributed by atoms with Gasteiger partial charge in [0.15, 0.2) is 0 Å². The van der Waals surface area contributed by atoms with Crippen LogP contribution < -0.4 is 0 Å². The first kappa shape index (κ1) is 9.97. The van der Waals surface area contributed by atoms with Crippen molar-refractivity contribution in [1.29, 1.82) is 0 Å². The van der Waals surface area contributed by atoms with Gasteiger partial charge in [-0.1, -0.05) is 0 Å². The maximum atomic E-state index is 11.9. The molecule has 0 aromatic heterocycles. The first-order chi connectivity index (χ1) is 6.69. The summed E-state index contributed by atoms with van der Waals surface area (Å²) < 4.78 is 10.9. The van der Waals surface area contributed by atoms with Crippen LogP contribution in [0.5, 0.6) is 0 Å². The molecule has 14 heavy (non-hydrogen) atoms. The average Bonchev–Trinajstić information content (AvgIpc) is 2.61. The van der Waals surface area contributed by atoms with Gasteiger partial charge < -0.3 is 9.47 Å². The number of carbonyl (C=O) groups is 1. The minimum Gasteiger partial charge on any atom is -0.465 e. The predicted octanol–water partition coefficient (Wildman–Crippen LogP) is 1.90. The molecule has 1 heterocycles. The largest absolute Gasteiger partial charge is 0.465 e. The fraction of sp³-hybridized carbons (Fsp3) is 0.909. The highest BCUT2D eigenvalue weighted by Gasteiger charge is 2.56. The number of esters is 1. The first-order valence-corrected chi connectivity index (χ1v) is 5.52. The van der Waals surface area contributed by atoms with Crippen molar-refractivity contribution in [2.24, 2.45) is 5.41 Å². The molecule has 0 radical (unpaired) electrons. The summed E-state index contributed by atoms with van der Waals surface area (Å²) in [6.07, 6.45) is 4.23. The summed E-state index contributed by atoms with van der Waals surface area (Å²) in [5, 5.41) is 0. The van der Waals surface area contributed by atoms with Crippen LogP contribution in [0.25, 0.3) is 0 Å². The molecule has 2 rings (SSSR count). The maximum absolute atomic E-state index is 11.9. The fourth-order valence-corrected chi connectivity index (χ4v) is 2.91. The third-order valence-corrected chi connectivity index (χ3v) is 3.44. The van der Waals surface area contributed by atoms with E-state index in [0.29, 0.717) is 6.61 Å². The smallest absolute Gasteiger partial charge is 0.314 e. The molecule has 3 atom stereocenters. The standard InChI is InChI=1S/C11H18O3/c1-3-13-10(12)11-6-4-5-9(11)14-8(2)7-11/h8-9H,3-7H2,1-2H3/t8-,9-,11+/m0/s1. The van der Waals surface area contributed by atoms with Crippen molar-refractivity contribution in [3.05, 3.63) is 0 Å². The maximum Gasteiger partial charge on any atom is 0.314 e. The summed E-state index contributed by atoms with van der Waals surface area (Å²) in [5.41, 5.74) is -0.296. The Morgan fingerprint density at radius 2 is 2.43 bits per heavy atom. The van der Waals surface area contributed by atoms with Gasteiger partial charge in [-0.25, -0.2) is 0 Å². The Labute approximate surface area is 84.8 Å². The van der Waals surface area contributed by atoms with E-state index >= 15 is 0 Å². The summed E-state index contributed by atoms with van der Waals surface area (Å²) in [7, 11) is 0. The lowest BCUT2D eigenvalue weighted by Gasteiger charge is -2.24. The van der Waals surface area contributed by atoms with E-state index in [1.54, 1.807) is 0 Å². The average molecular weight is 198 g/mol. The van der Waals surface area contributed by atoms with Crippen molar-refractivity contribution in [2.45, 2.75) is 51.7 Å². The zero-order valence-electron chi connectivity index (χ0n) is 8.91. The Morgan fingerprint density at radius 3 is 3.14 bits per heavy atom. The zero-order chi connectivity index (χ0) is 10.2. The van der Waals surface area contributed by atoms with E-state index in [4.69, 9.17) is 9.47 Å². The van der Waals surface area contributed by atoms with Gasteiger partial charge in [0.05, 0.1) is 24.2 Å². The first-order valence-electron chi connectivity index (χ1n) is 5.52. The Kier molecular flexibility index (Phi) is 2.52. The van der Waals surface area contributed by atoms with Gasteiger partial charge in [0.25, 0.3) is 0 Å². The third-order valence-electron chi connectivity index (χ3n) is 3.44. The van der Waals surface area contributed by atoms with Crippen molar-refractivity contribution < 1.29 is 14.3 Å². The van der Waals surface area contributed by atoms with Crippen LogP contribution in [-0.4, -0.2) is 24.8 Å². The quantitative estimate of drug-likeness (QED) is 0.636. The molecular weight excluding hydrogens is 180 g/mol. The molecule has 0 spiro atoms. The van der Waals surface area contributed by atoms with E-state index in [0.717, 1.165) is 25.7 Å². The van der Waals surface area contributed by atoms with Gasteiger partial charge in [0.1, 0.15) is 0 Å². The number of ether oxygens (including phenoxy) is 2. The second-order valence-electron chi connectivity index (χ2n) is 4.41. The van der Waals surface area contributed by atoms with Crippen LogP contribution >= 0.6 is 0 Å². The Balaban J connectivity index is 2.15. The fourth-order valence-electron chi connectivity index (χ4n) is 2.91. The highest BCUT2D eigenvalue weighted by Crippen LogP contribution is 2.50. The Morgan fingerprint density at radius 1 is 1.64 bits per heavy atom. The van der Waals surface area contributed by atoms with Gasteiger partial charge in [-0.3, -0.25) is 4.79 Å². The number of fused-ring (bicyclic) bond motifs is 1. The molecule has 0 aromatic rings. The van der Waals surface area contributed by atoms with Crippen LogP contribution in [-0.2, 0) is 14.3 Å². The molecule has 1 aliphatic heterocycles. The monoisotopic (exact) mass is 198 g/mol. The van der Waals surface area contributed by atoms with E-state index in [9.17, 15) is 4.79 Å². The molecule has 80 valence electrons. The summed E-state index contributed by atoms with van der Waals surface area (Å²) in [4.78, 5) is 11.9. The summed E-state index contributed by atoms with van der Waals surface area (Å²) in [6, 6.07) is 0. The van der Waals surface area contributed by atoms with Crippen molar-refractivity contribution in [3.8, 4) is 0 Å². The molecule has 0 N–H and O–H groups in total.